The van der Waals surface area contributed by atoms with Gasteiger partial charge in [-0.15, -0.1) is 0 Å². The monoisotopic (exact) mass is 339 g/mol. The molecule has 1 aliphatic carbocycles. The number of amides is 2. The Labute approximate surface area is 133 Å². The summed E-state index contributed by atoms with van der Waals surface area (Å²) in [5.74, 6) is 0.103. The molecule has 1 aliphatic heterocycles. The maximum atomic E-state index is 12.3. The molecule has 1 saturated carbocycles. The van der Waals surface area contributed by atoms with Crippen molar-refractivity contribution in [1.82, 2.24) is 15.5 Å². The number of hydrogen-bond acceptors (Lipinski definition) is 3. The van der Waals surface area contributed by atoms with Crippen LogP contribution >= 0.6 is 11.8 Å². The smallest absolute Gasteiger partial charge is 0.338 e. The molecular weight excluding hydrogens is 315 g/mol. The Morgan fingerprint density at radius 3 is 2.64 bits per heavy atom. The lowest BCUT2D eigenvalue weighted by Crippen LogP contribution is -2.48. The van der Waals surface area contributed by atoms with Gasteiger partial charge in [-0.1, -0.05) is 6.42 Å². The van der Waals surface area contributed by atoms with E-state index in [1.807, 2.05) is 0 Å². The van der Waals surface area contributed by atoms with E-state index in [4.69, 9.17) is 0 Å². The van der Waals surface area contributed by atoms with Gasteiger partial charge in [-0.2, -0.15) is 24.9 Å². The van der Waals surface area contributed by atoms with Crippen LogP contribution in [0.3, 0.4) is 0 Å². The maximum absolute atomic E-state index is 12.3. The number of hydrogen-bond donors (Lipinski definition) is 2. The molecule has 0 aromatic heterocycles. The highest BCUT2D eigenvalue weighted by Crippen LogP contribution is 2.42. The summed E-state index contributed by atoms with van der Waals surface area (Å²) in [6.45, 7) is 1.08. The molecule has 0 aromatic rings. The molecule has 1 saturated heterocycles. The van der Waals surface area contributed by atoms with E-state index in [1.165, 1.54) is 11.3 Å². The predicted octanol–water partition coefficient (Wildman–Crippen LogP) is 2.46. The lowest BCUT2D eigenvalue weighted by Gasteiger charge is -2.40. The topological polar surface area (TPSA) is 44.4 Å². The number of nitrogens with one attached hydrogen (secondary N) is 2. The van der Waals surface area contributed by atoms with Crippen molar-refractivity contribution in [2.24, 2.45) is 5.92 Å². The number of carbonyl (C=O) groups excluding carboxylic acids is 1. The quantitative estimate of drug-likeness (QED) is 0.781. The number of rotatable bonds is 6. The van der Waals surface area contributed by atoms with E-state index in [0.717, 1.165) is 12.8 Å². The fraction of sp³-hybridized carbons (Fsp3) is 0.929. The summed E-state index contributed by atoms with van der Waals surface area (Å²) >= 11 is 1.79. The zero-order valence-electron chi connectivity index (χ0n) is 12.8. The van der Waals surface area contributed by atoms with Crippen molar-refractivity contribution in [1.29, 1.82) is 0 Å². The van der Waals surface area contributed by atoms with Gasteiger partial charge in [-0.3, -0.25) is 4.90 Å². The second-order valence-corrected chi connectivity index (χ2v) is 7.58. The van der Waals surface area contributed by atoms with Crippen molar-refractivity contribution in [2.45, 2.75) is 36.6 Å². The van der Waals surface area contributed by atoms with Gasteiger partial charge in [0.25, 0.3) is 0 Å². The minimum atomic E-state index is -4.14. The largest absolute Gasteiger partial charge is 0.401 e. The number of alkyl halides is 3. The summed E-state index contributed by atoms with van der Waals surface area (Å²) in [5, 5.41) is 5.67. The van der Waals surface area contributed by atoms with E-state index in [0.29, 0.717) is 32.6 Å². The van der Waals surface area contributed by atoms with Crippen LogP contribution in [0.2, 0.25) is 0 Å². The zero-order valence-corrected chi connectivity index (χ0v) is 13.7. The number of urea groups is 1. The average Bonchev–Trinajstić information content (AvgIpc) is 2.81. The molecule has 2 amide bonds. The molecule has 4 nitrogen and oxygen atoms in total. The van der Waals surface area contributed by atoms with Crippen LogP contribution in [0, 0.1) is 5.92 Å². The highest BCUT2D eigenvalue weighted by Gasteiger charge is 2.36. The summed E-state index contributed by atoms with van der Waals surface area (Å²) in [4.78, 5) is 13.2. The van der Waals surface area contributed by atoms with Crippen molar-refractivity contribution >= 4 is 17.8 Å². The summed E-state index contributed by atoms with van der Waals surface area (Å²) < 4.78 is 37.1. The first-order valence-electron chi connectivity index (χ1n) is 7.68. The van der Waals surface area contributed by atoms with E-state index < -0.39 is 12.7 Å². The van der Waals surface area contributed by atoms with E-state index in [2.05, 4.69) is 16.9 Å². The highest BCUT2D eigenvalue weighted by atomic mass is 32.2. The van der Waals surface area contributed by atoms with E-state index in [1.54, 1.807) is 11.8 Å². The molecule has 0 spiro atoms. The molecule has 8 heteroatoms. The molecule has 1 heterocycles. The first kappa shape index (κ1) is 17.7. The van der Waals surface area contributed by atoms with E-state index in [9.17, 15) is 18.0 Å². The van der Waals surface area contributed by atoms with Gasteiger partial charge < -0.3 is 10.6 Å². The minimum absolute atomic E-state index is 0.103. The molecule has 128 valence electrons. The molecule has 0 radical (unpaired) electrons. The van der Waals surface area contributed by atoms with Gasteiger partial charge in [0.15, 0.2) is 0 Å². The fourth-order valence-electron chi connectivity index (χ4n) is 3.04. The van der Waals surface area contributed by atoms with Crippen molar-refractivity contribution in [3.63, 3.8) is 0 Å². The maximum Gasteiger partial charge on any atom is 0.401 e. The first-order chi connectivity index (χ1) is 10.3. The predicted molar refractivity (Wildman–Crippen MR) is 82.1 cm³/mol. The molecule has 0 aromatic carbocycles. The molecule has 0 bridgehead atoms. The molecule has 22 heavy (non-hydrogen) atoms. The van der Waals surface area contributed by atoms with Gasteiger partial charge >= 0.3 is 12.2 Å². The van der Waals surface area contributed by atoms with Gasteiger partial charge in [-0.05, 0) is 38.0 Å². The molecule has 0 unspecified atom stereocenters. The van der Waals surface area contributed by atoms with Gasteiger partial charge in [-0.25, -0.2) is 4.79 Å². The molecule has 2 rings (SSSR count). The summed E-state index contributed by atoms with van der Waals surface area (Å²) in [7, 11) is 0. The van der Waals surface area contributed by atoms with Crippen LogP contribution in [0.5, 0.6) is 0 Å². The second-order valence-electron chi connectivity index (χ2n) is 6.31. The number of likely N-dealkylation sites (tertiary alicyclic amines) is 1. The Hall–Kier alpha value is -0.630. The van der Waals surface area contributed by atoms with Crippen molar-refractivity contribution in [2.75, 3.05) is 39.0 Å². The van der Waals surface area contributed by atoms with Crippen LogP contribution in [0.1, 0.15) is 25.7 Å². The van der Waals surface area contributed by atoms with Crippen LogP contribution in [0.15, 0.2) is 0 Å². The lowest BCUT2D eigenvalue weighted by molar-refractivity contribution is -0.143. The van der Waals surface area contributed by atoms with E-state index >= 15 is 0 Å². The number of carbonyl (C=O) groups is 1. The van der Waals surface area contributed by atoms with Crippen molar-refractivity contribution in [3.05, 3.63) is 0 Å². The number of nitrogens with zero attached hydrogens (tertiary/aromatic N) is 1. The Kier molecular flexibility index (Phi) is 5.87. The third-order valence-electron chi connectivity index (χ3n) is 4.59. The number of thioether (sulfide) groups is 1. The van der Waals surface area contributed by atoms with Gasteiger partial charge in [0, 0.05) is 24.4 Å². The van der Waals surface area contributed by atoms with Gasteiger partial charge in [0.05, 0.1) is 6.54 Å². The third kappa shape index (κ3) is 5.22. The Morgan fingerprint density at radius 2 is 2.09 bits per heavy atom. The second kappa shape index (κ2) is 7.29. The van der Waals surface area contributed by atoms with Gasteiger partial charge in [0.2, 0.25) is 0 Å². The molecule has 2 aliphatic rings. The Morgan fingerprint density at radius 1 is 1.36 bits per heavy atom. The van der Waals surface area contributed by atoms with Crippen LogP contribution < -0.4 is 10.6 Å². The fourth-order valence-corrected chi connectivity index (χ4v) is 3.96. The molecule has 2 fully saturated rings. The SMILES string of the molecule is CSC1(CNC(=O)NC[C@H]2CCN(CC(F)(F)F)C2)CCC1. The van der Waals surface area contributed by atoms with Crippen LogP contribution in [-0.2, 0) is 0 Å². The Bertz CT molecular complexity index is 383. The molecule has 2 N–H and O–H groups in total. The van der Waals surface area contributed by atoms with Crippen molar-refractivity contribution < 1.29 is 18.0 Å². The third-order valence-corrected chi connectivity index (χ3v) is 6.01. The summed E-state index contributed by atoms with van der Waals surface area (Å²) in [5.41, 5.74) is 0. The molecular formula is C14H24F3N3OS. The normalized spacial score (nSPS) is 24.8. The summed E-state index contributed by atoms with van der Waals surface area (Å²) in [6, 6.07) is -0.213. The van der Waals surface area contributed by atoms with Crippen molar-refractivity contribution in [3.8, 4) is 0 Å². The number of halogens is 3. The summed E-state index contributed by atoms with van der Waals surface area (Å²) in [6.07, 6.45) is 2.08. The van der Waals surface area contributed by atoms with E-state index in [-0.39, 0.29) is 16.7 Å². The Balaban J connectivity index is 1.61. The minimum Gasteiger partial charge on any atom is -0.338 e. The van der Waals surface area contributed by atoms with Gasteiger partial charge in [0.1, 0.15) is 0 Å². The molecule has 1 atom stereocenters. The van der Waals surface area contributed by atoms with Crippen LogP contribution in [0.25, 0.3) is 0 Å². The first-order valence-corrected chi connectivity index (χ1v) is 8.90. The lowest BCUT2D eigenvalue weighted by atomic mass is 9.84. The average molecular weight is 339 g/mol. The highest BCUT2D eigenvalue weighted by molar-refractivity contribution is 8.00. The standard InChI is InChI=1S/C14H24F3N3OS/c1-22-13(4-2-5-13)9-19-12(21)18-7-11-3-6-20(8-11)10-14(15,16)17/h11H,2-10H2,1H3,(H2,18,19,21)/t11-/m1/s1. The zero-order chi connectivity index (χ0) is 16.2. The van der Waals surface area contributed by atoms with Crippen LogP contribution in [-0.4, -0.2) is 60.8 Å². The van der Waals surface area contributed by atoms with Crippen LogP contribution in [0.4, 0.5) is 18.0 Å².